The molecule has 0 radical (unpaired) electrons. The predicted octanol–water partition coefficient (Wildman–Crippen LogP) is 4.77. The van der Waals surface area contributed by atoms with Gasteiger partial charge < -0.3 is 24.4 Å². The van der Waals surface area contributed by atoms with Gasteiger partial charge in [-0.25, -0.2) is 0 Å². The number of benzene rings is 3. The standard InChI is InChI=1S/C28H32N2O4/c1-20(23-10-13-26(27(18-23)33-3)34-17-16-32-2)29-28(31)22-8-11-25(12-9-22)30-15-14-21-6-4-5-7-24(21)19-30/h4-13,18,20H,14-17,19H2,1-3H3,(H,29,31). The number of hydrogen-bond donors (Lipinski definition) is 1. The fourth-order valence-electron chi connectivity index (χ4n) is 4.21. The summed E-state index contributed by atoms with van der Waals surface area (Å²) in [6.45, 7) is 4.77. The van der Waals surface area contributed by atoms with Crippen LogP contribution >= 0.6 is 0 Å². The van der Waals surface area contributed by atoms with Crippen LogP contribution in [0.15, 0.2) is 66.7 Å². The van der Waals surface area contributed by atoms with E-state index in [-0.39, 0.29) is 11.9 Å². The Hall–Kier alpha value is -3.51. The van der Waals surface area contributed by atoms with Crippen molar-refractivity contribution in [1.29, 1.82) is 0 Å². The second-order valence-electron chi connectivity index (χ2n) is 8.43. The van der Waals surface area contributed by atoms with Crippen LogP contribution in [0, 0.1) is 0 Å². The summed E-state index contributed by atoms with van der Waals surface area (Å²) < 4.78 is 16.2. The minimum atomic E-state index is -0.187. The van der Waals surface area contributed by atoms with Crippen LogP contribution in [0.1, 0.15) is 40.0 Å². The van der Waals surface area contributed by atoms with E-state index in [0.29, 0.717) is 30.3 Å². The lowest BCUT2D eigenvalue weighted by molar-refractivity contribution is 0.0940. The maximum absolute atomic E-state index is 12.9. The van der Waals surface area contributed by atoms with E-state index in [1.54, 1.807) is 14.2 Å². The van der Waals surface area contributed by atoms with Gasteiger partial charge >= 0.3 is 0 Å². The summed E-state index contributed by atoms with van der Waals surface area (Å²) >= 11 is 0. The second-order valence-corrected chi connectivity index (χ2v) is 8.43. The molecular weight excluding hydrogens is 428 g/mol. The zero-order chi connectivity index (χ0) is 23.9. The summed E-state index contributed by atoms with van der Waals surface area (Å²) in [7, 11) is 3.24. The number of hydrogen-bond acceptors (Lipinski definition) is 5. The van der Waals surface area contributed by atoms with Crippen molar-refractivity contribution < 1.29 is 19.0 Å². The van der Waals surface area contributed by atoms with E-state index < -0.39 is 0 Å². The summed E-state index contributed by atoms with van der Waals surface area (Å²) in [5, 5.41) is 3.08. The van der Waals surface area contributed by atoms with Gasteiger partial charge in [0.1, 0.15) is 6.61 Å². The minimum absolute atomic E-state index is 0.109. The van der Waals surface area contributed by atoms with Gasteiger partial charge in [-0.1, -0.05) is 30.3 Å². The Labute approximate surface area is 201 Å². The molecule has 6 heteroatoms. The van der Waals surface area contributed by atoms with Gasteiger partial charge in [-0.15, -0.1) is 0 Å². The van der Waals surface area contributed by atoms with Crippen LogP contribution < -0.4 is 19.7 Å². The molecule has 0 fully saturated rings. The van der Waals surface area contributed by atoms with E-state index >= 15 is 0 Å². The molecule has 1 aliphatic heterocycles. The van der Waals surface area contributed by atoms with E-state index in [1.807, 2.05) is 49.4 Å². The first-order chi connectivity index (χ1) is 16.6. The topological polar surface area (TPSA) is 60.0 Å². The Bertz CT molecular complexity index is 1110. The normalized spacial score (nSPS) is 13.7. The highest BCUT2D eigenvalue weighted by molar-refractivity contribution is 5.94. The van der Waals surface area contributed by atoms with Gasteiger partial charge in [-0.3, -0.25) is 4.79 Å². The second kappa shape index (κ2) is 11.1. The predicted molar refractivity (Wildman–Crippen MR) is 134 cm³/mol. The number of nitrogens with one attached hydrogen (secondary N) is 1. The third kappa shape index (κ3) is 5.51. The van der Waals surface area contributed by atoms with E-state index in [9.17, 15) is 4.79 Å². The van der Waals surface area contributed by atoms with Crippen molar-refractivity contribution in [2.24, 2.45) is 0 Å². The number of anilines is 1. The molecular formula is C28H32N2O4. The lowest BCUT2D eigenvalue weighted by Gasteiger charge is -2.30. The van der Waals surface area contributed by atoms with Gasteiger partial charge in [0, 0.05) is 31.5 Å². The molecule has 34 heavy (non-hydrogen) atoms. The molecule has 0 saturated heterocycles. The molecule has 0 aromatic heterocycles. The largest absolute Gasteiger partial charge is 0.493 e. The Kier molecular flexibility index (Phi) is 7.70. The lowest BCUT2D eigenvalue weighted by Crippen LogP contribution is -2.30. The highest BCUT2D eigenvalue weighted by Crippen LogP contribution is 2.30. The number of nitrogens with zero attached hydrogens (tertiary/aromatic N) is 1. The van der Waals surface area contributed by atoms with E-state index in [1.165, 1.54) is 11.1 Å². The number of rotatable bonds is 9. The zero-order valence-electron chi connectivity index (χ0n) is 20.0. The molecule has 3 aromatic rings. The summed E-state index contributed by atoms with van der Waals surface area (Å²) in [6, 6.07) is 21.9. The van der Waals surface area contributed by atoms with Gasteiger partial charge in [0.25, 0.3) is 5.91 Å². The molecule has 0 saturated carbocycles. The maximum atomic E-state index is 12.9. The number of ether oxygens (including phenoxy) is 3. The highest BCUT2D eigenvalue weighted by atomic mass is 16.5. The van der Waals surface area contributed by atoms with E-state index in [0.717, 1.165) is 30.8 Å². The van der Waals surface area contributed by atoms with Crippen molar-refractivity contribution in [2.75, 3.05) is 38.9 Å². The van der Waals surface area contributed by atoms with Crippen molar-refractivity contribution in [3.8, 4) is 11.5 Å². The molecule has 1 unspecified atom stereocenters. The zero-order valence-corrected chi connectivity index (χ0v) is 20.0. The van der Waals surface area contributed by atoms with Gasteiger partial charge in [0.15, 0.2) is 11.5 Å². The third-order valence-electron chi connectivity index (χ3n) is 6.21. The smallest absolute Gasteiger partial charge is 0.251 e. The average Bonchev–Trinajstić information content (AvgIpc) is 2.88. The SMILES string of the molecule is COCCOc1ccc(C(C)NC(=O)c2ccc(N3CCc4ccccc4C3)cc2)cc1OC. The molecule has 3 aromatic carbocycles. The number of fused-ring (bicyclic) bond motifs is 1. The van der Waals surface area contributed by atoms with Crippen molar-refractivity contribution in [1.82, 2.24) is 5.32 Å². The van der Waals surface area contributed by atoms with E-state index in [2.05, 4.69) is 34.5 Å². The van der Waals surface area contributed by atoms with Crippen LogP contribution in [-0.4, -0.2) is 39.9 Å². The van der Waals surface area contributed by atoms with Gasteiger partial charge in [-0.05, 0) is 66.4 Å². The maximum Gasteiger partial charge on any atom is 0.251 e. The van der Waals surface area contributed by atoms with Gasteiger partial charge in [0.05, 0.1) is 19.8 Å². The minimum Gasteiger partial charge on any atom is -0.493 e. The first-order valence-corrected chi connectivity index (χ1v) is 11.6. The van der Waals surface area contributed by atoms with E-state index in [4.69, 9.17) is 14.2 Å². The Morgan fingerprint density at radius 2 is 1.74 bits per heavy atom. The number of carbonyl (C=O) groups is 1. The molecule has 1 N–H and O–H groups in total. The fourth-order valence-corrected chi connectivity index (χ4v) is 4.21. The van der Waals surface area contributed by atoms with Gasteiger partial charge in [-0.2, -0.15) is 0 Å². The summed E-state index contributed by atoms with van der Waals surface area (Å²) in [6.07, 6.45) is 1.04. The highest BCUT2D eigenvalue weighted by Gasteiger charge is 2.18. The van der Waals surface area contributed by atoms with Crippen LogP contribution in [0.5, 0.6) is 11.5 Å². The summed E-state index contributed by atoms with van der Waals surface area (Å²) in [5.74, 6) is 1.17. The lowest BCUT2D eigenvalue weighted by atomic mass is 9.99. The molecule has 0 aliphatic carbocycles. The molecule has 4 rings (SSSR count). The monoisotopic (exact) mass is 460 g/mol. The molecule has 0 bridgehead atoms. The summed E-state index contributed by atoms with van der Waals surface area (Å²) in [4.78, 5) is 15.2. The third-order valence-corrected chi connectivity index (χ3v) is 6.21. The summed E-state index contributed by atoms with van der Waals surface area (Å²) in [5.41, 5.74) is 5.50. The Morgan fingerprint density at radius 3 is 2.47 bits per heavy atom. The van der Waals surface area contributed by atoms with Crippen LogP contribution in [0.4, 0.5) is 5.69 Å². The molecule has 1 aliphatic rings. The molecule has 6 nitrogen and oxygen atoms in total. The Balaban J connectivity index is 1.38. The molecule has 178 valence electrons. The van der Waals surface area contributed by atoms with Crippen molar-refractivity contribution in [3.63, 3.8) is 0 Å². The molecule has 1 atom stereocenters. The van der Waals surface area contributed by atoms with Gasteiger partial charge in [0.2, 0.25) is 0 Å². The molecule has 1 amide bonds. The first kappa shape index (κ1) is 23.6. The van der Waals surface area contributed by atoms with Crippen molar-refractivity contribution >= 4 is 11.6 Å². The molecule has 1 heterocycles. The van der Waals surface area contributed by atoms with Crippen molar-refractivity contribution in [3.05, 3.63) is 89.0 Å². The quantitative estimate of drug-likeness (QED) is 0.466. The first-order valence-electron chi connectivity index (χ1n) is 11.6. The number of amides is 1. The molecule has 0 spiro atoms. The van der Waals surface area contributed by atoms with Crippen LogP contribution in [-0.2, 0) is 17.7 Å². The van der Waals surface area contributed by atoms with Crippen LogP contribution in [0.25, 0.3) is 0 Å². The number of methoxy groups -OCH3 is 2. The average molecular weight is 461 g/mol. The fraction of sp³-hybridized carbons (Fsp3) is 0.321. The van der Waals surface area contributed by atoms with Crippen LogP contribution in [0.3, 0.4) is 0 Å². The van der Waals surface area contributed by atoms with Crippen LogP contribution in [0.2, 0.25) is 0 Å². The Morgan fingerprint density at radius 1 is 0.971 bits per heavy atom. The number of carbonyl (C=O) groups excluding carboxylic acids is 1. The van der Waals surface area contributed by atoms with Crippen molar-refractivity contribution in [2.45, 2.75) is 25.9 Å².